The van der Waals surface area contributed by atoms with Gasteiger partial charge in [0.2, 0.25) is 0 Å². The van der Waals surface area contributed by atoms with Gasteiger partial charge in [0.05, 0.1) is 5.69 Å². The Morgan fingerprint density at radius 1 is 1.50 bits per heavy atom. The van der Waals surface area contributed by atoms with Crippen molar-refractivity contribution in [1.82, 2.24) is 14.8 Å². The summed E-state index contributed by atoms with van der Waals surface area (Å²) >= 11 is 0. The molecule has 80 valence electrons. The highest BCUT2D eigenvalue weighted by Gasteiger charge is 2.04. The second-order valence-corrected chi connectivity index (χ2v) is 3.51. The van der Waals surface area contributed by atoms with Gasteiger partial charge in [-0.1, -0.05) is 12.1 Å². The first-order valence-electron chi connectivity index (χ1n) is 4.88. The zero-order chi connectivity index (χ0) is 11.5. The second kappa shape index (κ2) is 4.13. The maximum atomic E-state index is 8.63. The van der Waals surface area contributed by atoms with Crippen molar-refractivity contribution in [1.29, 1.82) is 5.26 Å². The summed E-state index contributed by atoms with van der Waals surface area (Å²) in [6.07, 6.45) is 1.51. The van der Waals surface area contributed by atoms with E-state index in [1.54, 1.807) is 4.68 Å². The van der Waals surface area contributed by atoms with Crippen molar-refractivity contribution in [2.45, 2.75) is 13.0 Å². The molecule has 2 rings (SSSR count). The van der Waals surface area contributed by atoms with Crippen LogP contribution < -0.4 is 5.73 Å². The Labute approximate surface area is 93.1 Å². The fourth-order valence-electron chi connectivity index (χ4n) is 1.39. The minimum Gasteiger partial charge on any atom is -0.324 e. The molecule has 0 saturated carbocycles. The molecule has 16 heavy (non-hydrogen) atoms. The molecule has 0 amide bonds. The molecule has 0 aliphatic heterocycles. The Morgan fingerprint density at radius 2 is 2.31 bits per heavy atom. The van der Waals surface area contributed by atoms with Gasteiger partial charge in [-0.05, 0) is 24.6 Å². The summed E-state index contributed by atoms with van der Waals surface area (Å²) in [5, 5.41) is 12.6. The van der Waals surface area contributed by atoms with Crippen molar-refractivity contribution < 1.29 is 0 Å². The SMILES string of the molecule is CC(N)c1cccc(-n2cnc(C#N)n2)c1. The number of hydrogen-bond acceptors (Lipinski definition) is 4. The molecule has 1 heterocycles. The fourth-order valence-corrected chi connectivity index (χ4v) is 1.39. The lowest BCUT2D eigenvalue weighted by Gasteiger charge is -2.07. The number of nitrogens with zero attached hydrogens (tertiary/aromatic N) is 4. The van der Waals surface area contributed by atoms with Gasteiger partial charge in [0.1, 0.15) is 12.4 Å². The number of hydrogen-bond donors (Lipinski definition) is 1. The topological polar surface area (TPSA) is 80.5 Å². The van der Waals surface area contributed by atoms with Gasteiger partial charge < -0.3 is 5.73 Å². The molecule has 0 aliphatic rings. The monoisotopic (exact) mass is 213 g/mol. The molecule has 1 aromatic heterocycles. The Balaban J connectivity index is 2.41. The minimum atomic E-state index is -0.0288. The van der Waals surface area contributed by atoms with E-state index in [0.717, 1.165) is 11.3 Å². The molecule has 1 atom stereocenters. The van der Waals surface area contributed by atoms with Gasteiger partial charge in [-0.2, -0.15) is 5.26 Å². The van der Waals surface area contributed by atoms with Crippen LogP contribution in [0.5, 0.6) is 0 Å². The van der Waals surface area contributed by atoms with Gasteiger partial charge in [-0.25, -0.2) is 9.67 Å². The van der Waals surface area contributed by atoms with Gasteiger partial charge in [-0.3, -0.25) is 0 Å². The number of benzene rings is 1. The molecule has 1 unspecified atom stereocenters. The molecule has 0 spiro atoms. The van der Waals surface area contributed by atoms with Crippen molar-refractivity contribution in [3.63, 3.8) is 0 Å². The summed E-state index contributed by atoms with van der Waals surface area (Å²) in [6, 6.07) is 9.54. The van der Waals surface area contributed by atoms with E-state index in [0.29, 0.717) is 0 Å². The molecule has 0 bridgehead atoms. The van der Waals surface area contributed by atoms with Crippen molar-refractivity contribution in [2.75, 3.05) is 0 Å². The molecule has 2 N–H and O–H groups in total. The third-order valence-corrected chi connectivity index (χ3v) is 2.25. The average molecular weight is 213 g/mol. The van der Waals surface area contributed by atoms with E-state index in [1.807, 2.05) is 37.3 Å². The predicted molar refractivity (Wildman–Crippen MR) is 58.7 cm³/mol. The molecule has 0 saturated heterocycles. The molecule has 0 radical (unpaired) electrons. The normalized spacial score (nSPS) is 12.1. The summed E-state index contributed by atoms with van der Waals surface area (Å²) in [7, 11) is 0. The smallest absolute Gasteiger partial charge is 0.252 e. The summed E-state index contributed by atoms with van der Waals surface area (Å²) in [5.41, 5.74) is 7.67. The summed E-state index contributed by atoms with van der Waals surface area (Å²) in [6.45, 7) is 1.92. The number of nitrogens with two attached hydrogens (primary N) is 1. The van der Waals surface area contributed by atoms with Crippen LogP contribution in [0, 0.1) is 11.3 Å². The molecule has 0 aliphatic carbocycles. The van der Waals surface area contributed by atoms with E-state index in [2.05, 4.69) is 10.1 Å². The first-order valence-corrected chi connectivity index (χ1v) is 4.88. The van der Waals surface area contributed by atoms with Crippen LogP contribution in [0.25, 0.3) is 5.69 Å². The summed E-state index contributed by atoms with van der Waals surface area (Å²) < 4.78 is 1.56. The Hall–Kier alpha value is -2.19. The Morgan fingerprint density at radius 3 is 2.94 bits per heavy atom. The summed E-state index contributed by atoms with van der Waals surface area (Å²) in [5.74, 6) is 0.159. The van der Waals surface area contributed by atoms with Crippen molar-refractivity contribution in [3.05, 3.63) is 42.0 Å². The van der Waals surface area contributed by atoms with E-state index in [1.165, 1.54) is 6.33 Å². The highest BCUT2D eigenvalue weighted by atomic mass is 15.3. The lowest BCUT2D eigenvalue weighted by atomic mass is 10.1. The van der Waals surface area contributed by atoms with Gasteiger partial charge in [0.15, 0.2) is 0 Å². The lowest BCUT2D eigenvalue weighted by molar-refractivity contribution is 0.808. The molecule has 5 heteroatoms. The first kappa shape index (κ1) is 10.3. The Kier molecular flexibility index (Phi) is 2.66. The third-order valence-electron chi connectivity index (χ3n) is 2.25. The Bertz CT molecular complexity index is 535. The van der Waals surface area contributed by atoms with Crippen LogP contribution in [0.1, 0.15) is 24.4 Å². The number of nitriles is 1. The van der Waals surface area contributed by atoms with Crippen LogP contribution in [0.3, 0.4) is 0 Å². The maximum absolute atomic E-state index is 8.63. The fraction of sp³-hybridized carbons (Fsp3) is 0.182. The molecule has 5 nitrogen and oxygen atoms in total. The average Bonchev–Trinajstić information content (AvgIpc) is 2.77. The largest absolute Gasteiger partial charge is 0.324 e. The first-order chi connectivity index (χ1) is 7.70. The van der Waals surface area contributed by atoms with Crippen molar-refractivity contribution >= 4 is 0 Å². The van der Waals surface area contributed by atoms with E-state index < -0.39 is 0 Å². The lowest BCUT2D eigenvalue weighted by Crippen LogP contribution is -2.06. The van der Waals surface area contributed by atoms with Crippen LogP contribution in [-0.2, 0) is 0 Å². The minimum absolute atomic E-state index is 0.0288. The zero-order valence-electron chi connectivity index (χ0n) is 8.83. The van der Waals surface area contributed by atoms with Gasteiger partial charge in [-0.15, -0.1) is 5.10 Å². The highest BCUT2D eigenvalue weighted by Crippen LogP contribution is 2.14. The highest BCUT2D eigenvalue weighted by molar-refractivity contribution is 5.36. The number of rotatable bonds is 2. The second-order valence-electron chi connectivity index (χ2n) is 3.51. The quantitative estimate of drug-likeness (QED) is 0.811. The molecule has 0 fully saturated rings. The van der Waals surface area contributed by atoms with Crippen LogP contribution in [0.4, 0.5) is 0 Å². The standard InChI is InChI=1S/C11H11N5/c1-8(13)9-3-2-4-10(5-9)16-7-14-11(6-12)15-16/h2-5,7-8H,13H2,1H3. The van der Waals surface area contributed by atoms with Gasteiger partial charge in [0.25, 0.3) is 5.82 Å². The maximum Gasteiger partial charge on any atom is 0.252 e. The molecular formula is C11H11N5. The van der Waals surface area contributed by atoms with E-state index in [-0.39, 0.29) is 11.9 Å². The van der Waals surface area contributed by atoms with Crippen LogP contribution in [0.2, 0.25) is 0 Å². The van der Waals surface area contributed by atoms with Crippen molar-refractivity contribution in [2.24, 2.45) is 5.73 Å². The van der Waals surface area contributed by atoms with E-state index in [4.69, 9.17) is 11.0 Å². The predicted octanol–water partition coefficient (Wildman–Crippen LogP) is 1.16. The van der Waals surface area contributed by atoms with Crippen LogP contribution >= 0.6 is 0 Å². The van der Waals surface area contributed by atoms with E-state index in [9.17, 15) is 0 Å². The number of aromatic nitrogens is 3. The zero-order valence-corrected chi connectivity index (χ0v) is 8.83. The van der Waals surface area contributed by atoms with Crippen LogP contribution in [0.15, 0.2) is 30.6 Å². The molecular weight excluding hydrogens is 202 g/mol. The van der Waals surface area contributed by atoms with E-state index >= 15 is 0 Å². The van der Waals surface area contributed by atoms with Crippen molar-refractivity contribution in [3.8, 4) is 11.8 Å². The molecule has 2 aromatic rings. The molecule has 1 aromatic carbocycles. The van der Waals surface area contributed by atoms with Gasteiger partial charge >= 0.3 is 0 Å². The third kappa shape index (κ3) is 1.92. The van der Waals surface area contributed by atoms with Crippen LogP contribution in [-0.4, -0.2) is 14.8 Å². The summed E-state index contributed by atoms with van der Waals surface area (Å²) in [4.78, 5) is 3.85. The van der Waals surface area contributed by atoms with Gasteiger partial charge in [0, 0.05) is 6.04 Å².